The molecule has 382 valence electrons. The van der Waals surface area contributed by atoms with Crippen molar-refractivity contribution in [2.45, 2.75) is 140 Å². The minimum Gasteiger partial charge on any atom is -0.475 e. The Balaban J connectivity index is 0.000000249. The zero-order valence-electron chi connectivity index (χ0n) is 40.3. The molecule has 21 heteroatoms. The van der Waals surface area contributed by atoms with Crippen LogP contribution >= 0.6 is 0 Å². The molecule has 3 aliphatic heterocycles. The molecule has 4 amide bonds. The third kappa shape index (κ3) is 11.8. The molecule has 7 rings (SSSR count). The van der Waals surface area contributed by atoms with Crippen LogP contribution in [0, 0.1) is 0 Å². The molecular weight excluding hydrogens is 923 g/mol. The number of likely N-dealkylation sites (tertiary alicyclic amines) is 1. The molecular formula is C48H62F6N4O11. The van der Waals surface area contributed by atoms with Crippen molar-refractivity contribution in [1.82, 2.24) is 9.80 Å². The summed E-state index contributed by atoms with van der Waals surface area (Å²) >= 11 is 0. The zero-order chi connectivity index (χ0) is 50.9. The van der Waals surface area contributed by atoms with Gasteiger partial charge in [-0.15, -0.1) is 0 Å². The third-order valence-corrected chi connectivity index (χ3v) is 12.5. The van der Waals surface area contributed by atoms with E-state index in [2.05, 4.69) is 4.74 Å². The van der Waals surface area contributed by atoms with Crippen LogP contribution in [-0.2, 0) is 40.9 Å². The number of esters is 1. The van der Waals surface area contributed by atoms with Gasteiger partial charge in [-0.1, -0.05) is 0 Å². The quantitative estimate of drug-likeness (QED) is 0.101. The van der Waals surface area contributed by atoms with E-state index >= 15 is 0 Å². The van der Waals surface area contributed by atoms with E-state index in [0.29, 0.717) is 90.5 Å². The van der Waals surface area contributed by atoms with E-state index in [0.717, 1.165) is 31.4 Å². The number of carbonyl (C=O) groups is 5. The molecule has 2 saturated carbocycles. The van der Waals surface area contributed by atoms with E-state index in [-0.39, 0.29) is 47.8 Å². The number of ether oxygens (including phenoxy) is 6. The maximum absolute atomic E-state index is 14.5. The minimum atomic E-state index is -4.84. The zero-order valence-corrected chi connectivity index (χ0v) is 40.3. The summed E-state index contributed by atoms with van der Waals surface area (Å²) < 4.78 is 115. The molecule has 1 atom stereocenters. The van der Waals surface area contributed by atoms with Gasteiger partial charge in [-0.05, 0) is 97.4 Å². The van der Waals surface area contributed by atoms with Crippen molar-refractivity contribution in [3.8, 4) is 11.5 Å². The number of alkyl halides is 6. The van der Waals surface area contributed by atoms with Gasteiger partial charge in [0, 0.05) is 85.3 Å². The van der Waals surface area contributed by atoms with Gasteiger partial charge < -0.3 is 48.0 Å². The van der Waals surface area contributed by atoms with Crippen LogP contribution in [0.25, 0.3) is 0 Å². The van der Waals surface area contributed by atoms with Gasteiger partial charge in [0.05, 0.1) is 46.8 Å². The Morgan fingerprint density at radius 2 is 1.20 bits per heavy atom. The van der Waals surface area contributed by atoms with Gasteiger partial charge >= 0.3 is 24.4 Å². The summed E-state index contributed by atoms with van der Waals surface area (Å²) in [6.07, 6.45) is -4.75. The Labute approximate surface area is 397 Å². The highest BCUT2D eigenvalue weighted by atomic mass is 19.4. The molecule has 2 aliphatic carbocycles. The molecule has 0 bridgehead atoms. The number of rotatable bonds is 14. The molecule has 0 radical (unpaired) electrons. The third-order valence-electron chi connectivity index (χ3n) is 12.5. The SMILES string of the molecule is COCCCCN1C(=O)C2(CC2)Oc2cc(C(F)(F)F)c(C(=O)N(C(C)C)[C@@H]3CCCN(C(=O)OC(C)(C)C)C3)cc21.COCCCCN1C(=O)C2(CC2)Oc2cc(C(F)(F)F)c(C(=O)OC)cc21. The van der Waals surface area contributed by atoms with Gasteiger partial charge in [0.15, 0.2) is 11.2 Å². The fourth-order valence-corrected chi connectivity index (χ4v) is 8.84. The van der Waals surface area contributed by atoms with E-state index in [1.807, 2.05) is 0 Å². The van der Waals surface area contributed by atoms with Crippen LogP contribution in [0.3, 0.4) is 0 Å². The van der Waals surface area contributed by atoms with E-state index < -0.39 is 81.5 Å². The van der Waals surface area contributed by atoms with E-state index in [9.17, 15) is 50.3 Å². The van der Waals surface area contributed by atoms with Crippen LogP contribution in [0.5, 0.6) is 11.5 Å². The number of amides is 4. The van der Waals surface area contributed by atoms with Crippen molar-refractivity contribution in [1.29, 1.82) is 0 Å². The average Bonchev–Trinajstić information content (AvgIpc) is 4.22. The molecule has 0 aromatic heterocycles. The van der Waals surface area contributed by atoms with Gasteiger partial charge in [0.25, 0.3) is 17.7 Å². The lowest BCUT2D eigenvalue weighted by Gasteiger charge is -2.42. The average molecular weight is 985 g/mol. The van der Waals surface area contributed by atoms with E-state index in [1.54, 1.807) is 48.8 Å². The number of carbonyl (C=O) groups excluding carboxylic acids is 5. The molecule has 1 saturated heterocycles. The van der Waals surface area contributed by atoms with Crippen LogP contribution in [0.1, 0.15) is 131 Å². The van der Waals surface area contributed by atoms with Crippen molar-refractivity contribution in [3.63, 3.8) is 0 Å². The fraction of sp³-hybridized carbons (Fsp3) is 0.646. The summed E-state index contributed by atoms with van der Waals surface area (Å²) in [7, 11) is 4.14. The topological polar surface area (TPSA) is 154 Å². The first-order valence-electron chi connectivity index (χ1n) is 23.2. The molecule has 3 heterocycles. The summed E-state index contributed by atoms with van der Waals surface area (Å²) in [5.41, 5.74) is -6.06. The molecule has 0 unspecified atom stereocenters. The van der Waals surface area contributed by atoms with Crippen LogP contribution < -0.4 is 19.3 Å². The second-order valence-corrected chi connectivity index (χ2v) is 19.3. The number of unbranched alkanes of at least 4 members (excludes halogenated alkanes) is 2. The lowest BCUT2D eigenvalue weighted by atomic mass is 9.97. The number of nitrogens with zero attached hydrogens (tertiary/aromatic N) is 4. The molecule has 2 aromatic rings. The van der Waals surface area contributed by atoms with E-state index in [1.165, 1.54) is 19.6 Å². The first kappa shape index (κ1) is 53.0. The van der Waals surface area contributed by atoms with Crippen molar-refractivity contribution in [3.05, 3.63) is 46.5 Å². The predicted octanol–water partition coefficient (Wildman–Crippen LogP) is 8.82. The van der Waals surface area contributed by atoms with Crippen molar-refractivity contribution in [2.24, 2.45) is 0 Å². The highest BCUT2D eigenvalue weighted by molar-refractivity contribution is 6.07. The van der Waals surface area contributed by atoms with Crippen LogP contribution in [0.4, 0.5) is 42.5 Å². The maximum Gasteiger partial charge on any atom is 0.417 e. The predicted molar refractivity (Wildman–Crippen MR) is 238 cm³/mol. The number of benzene rings is 2. The van der Waals surface area contributed by atoms with Crippen LogP contribution in [0.2, 0.25) is 0 Å². The van der Waals surface area contributed by atoms with Gasteiger partial charge in [-0.25, -0.2) is 9.59 Å². The van der Waals surface area contributed by atoms with Gasteiger partial charge in [0.2, 0.25) is 0 Å². The summed E-state index contributed by atoms with van der Waals surface area (Å²) in [5, 5.41) is 0. The lowest BCUT2D eigenvalue weighted by Crippen LogP contribution is -2.54. The highest BCUT2D eigenvalue weighted by Crippen LogP contribution is 2.53. The molecule has 3 fully saturated rings. The minimum absolute atomic E-state index is 0.0428. The Kier molecular flexibility index (Phi) is 15.8. The number of methoxy groups -OCH3 is 3. The standard InChI is InChI=1S/C30H42F3N3O6.C18H20F3NO5/c1-19(2)36(20-10-9-13-34(18-20)27(39)42-28(3,4)5)25(37)21-16-23-24(17-22(21)30(31,32)33)41-29(11-12-29)26(38)35(23)14-7-8-15-40-6;1-25-8-4-3-7-22-13-9-11(15(23)26-2)12(18(19,20)21)10-14(13)27-17(5-6-17)16(22)24/h16-17,19-20H,7-15,18H2,1-6H3;9-10H,3-8H2,1-2H3/t20-;/m1./s1. The van der Waals surface area contributed by atoms with Crippen molar-refractivity contribution in [2.75, 3.05) is 70.5 Å². The highest BCUT2D eigenvalue weighted by Gasteiger charge is 2.59. The fourth-order valence-electron chi connectivity index (χ4n) is 8.84. The summed E-state index contributed by atoms with van der Waals surface area (Å²) in [4.78, 5) is 70.8. The first-order valence-corrected chi connectivity index (χ1v) is 23.2. The second-order valence-electron chi connectivity index (χ2n) is 19.3. The van der Waals surface area contributed by atoms with Crippen LogP contribution in [-0.4, -0.2) is 129 Å². The number of anilines is 2. The Bertz CT molecular complexity index is 2250. The summed E-state index contributed by atoms with van der Waals surface area (Å²) in [6.45, 7) is 10.9. The molecule has 69 heavy (non-hydrogen) atoms. The number of piperidine rings is 1. The molecule has 2 aromatic carbocycles. The largest absolute Gasteiger partial charge is 0.475 e. The summed E-state index contributed by atoms with van der Waals surface area (Å²) in [6, 6.07) is 2.87. The van der Waals surface area contributed by atoms with Crippen molar-refractivity contribution >= 4 is 41.2 Å². The number of fused-ring (bicyclic) bond motifs is 2. The Hall–Kier alpha value is -5.31. The first-order chi connectivity index (χ1) is 32.3. The number of hydrogen-bond acceptors (Lipinski definition) is 11. The molecule has 15 nitrogen and oxygen atoms in total. The maximum atomic E-state index is 14.5. The Morgan fingerprint density at radius 1 is 0.739 bits per heavy atom. The summed E-state index contributed by atoms with van der Waals surface area (Å²) in [5.74, 6) is -2.61. The lowest BCUT2D eigenvalue weighted by molar-refractivity contribution is -0.139. The monoisotopic (exact) mass is 984 g/mol. The normalized spacial score (nSPS) is 19.0. The molecule has 2 spiro atoms. The van der Waals surface area contributed by atoms with E-state index in [4.69, 9.17) is 23.7 Å². The number of hydrogen-bond donors (Lipinski definition) is 0. The van der Waals surface area contributed by atoms with Crippen LogP contribution in [0.15, 0.2) is 24.3 Å². The molecule has 0 N–H and O–H groups in total. The van der Waals surface area contributed by atoms with Gasteiger partial charge in [0.1, 0.15) is 17.1 Å². The van der Waals surface area contributed by atoms with Crippen molar-refractivity contribution < 1.29 is 78.7 Å². The smallest absolute Gasteiger partial charge is 0.417 e. The second kappa shape index (κ2) is 20.6. The van der Waals surface area contributed by atoms with Gasteiger partial charge in [-0.3, -0.25) is 14.4 Å². The number of halogens is 6. The van der Waals surface area contributed by atoms with Gasteiger partial charge in [-0.2, -0.15) is 26.3 Å². The molecule has 5 aliphatic rings. The Morgan fingerprint density at radius 3 is 1.61 bits per heavy atom.